The van der Waals surface area contributed by atoms with Gasteiger partial charge in [-0.3, -0.25) is 19.7 Å². The lowest BCUT2D eigenvalue weighted by atomic mass is 10.1. The molecule has 10 heteroatoms. The van der Waals surface area contributed by atoms with E-state index in [9.17, 15) is 19.7 Å². The molecule has 0 spiro atoms. The van der Waals surface area contributed by atoms with Gasteiger partial charge < -0.3 is 23.9 Å². The summed E-state index contributed by atoms with van der Waals surface area (Å²) in [6, 6.07) is 14.9. The second-order valence-electron chi connectivity index (χ2n) is 7.33. The number of nitrogens with zero attached hydrogens (tertiary/aromatic N) is 1. The summed E-state index contributed by atoms with van der Waals surface area (Å²) in [5.41, 5.74) is 1.02. The van der Waals surface area contributed by atoms with Gasteiger partial charge in [0.15, 0.2) is 16.9 Å². The molecule has 0 fully saturated rings. The minimum atomic E-state index is -0.538. The van der Waals surface area contributed by atoms with Gasteiger partial charge in [-0.25, -0.2) is 0 Å². The van der Waals surface area contributed by atoms with Crippen molar-refractivity contribution >= 4 is 28.3 Å². The van der Waals surface area contributed by atoms with E-state index < -0.39 is 10.8 Å². The van der Waals surface area contributed by atoms with Crippen molar-refractivity contribution in [2.45, 2.75) is 0 Å². The van der Waals surface area contributed by atoms with Crippen molar-refractivity contribution in [1.29, 1.82) is 0 Å². The van der Waals surface area contributed by atoms with E-state index in [0.29, 0.717) is 17.0 Å². The average molecular weight is 476 g/mol. The maximum Gasteiger partial charge on any atom is 0.269 e. The van der Waals surface area contributed by atoms with Gasteiger partial charge in [-0.15, -0.1) is 0 Å². The van der Waals surface area contributed by atoms with Crippen LogP contribution < -0.4 is 25.0 Å². The number of methoxy groups -OCH3 is 3. The Balaban J connectivity index is 1.70. The molecule has 0 saturated carbocycles. The molecule has 1 N–H and O–H groups in total. The summed E-state index contributed by atoms with van der Waals surface area (Å²) in [6.45, 7) is 0. The summed E-state index contributed by atoms with van der Waals surface area (Å²) >= 11 is 0. The van der Waals surface area contributed by atoms with Crippen LogP contribution >= 0.6 is 0 Å². The first-order chi connectivity index (χ1) is 16.9. The molecule has 1 aromatic heterocycles. The Hall–Kier alpha value is -4.86. The van der Waals surface area contributed by atoms with E-state index in [-0.39, 0.29) is 44.9 Å². The summed E-state index contributed by atoms with van der Waals surface area (Å²) in [4.78, 5) is 35.8. The molecule has 35 heavy (non-hydrogen) atoms. The Bertz CT molecular complexity index is 1490. The van der Waals surface area contributed by atoms with Crippen LogP contribution in [0.15, 0.2) is 69.9 Å². The molecular weight excluding hydrogens is 456 g/mol. The molecule has 0 radical (unpaired) electrons. The van der Waals surface area contributed by atoms with Gasteiger partial charge in [-0.2, -0.15) is 0 Å². The van der Waals surface area contributed by atoms with Gasteiger partial charge in [0.2, 0.25) is 5.75 Å². The van der Waals surface area contributed by atoms with E-state index in [1.165, 1.54) is 51.7 Å². The zero-order chi connectivity index (χ0) is 25.1. The van der Waals surface area contributed by atoms with Gasteiger partial charge in [0.05, 0.1) is 26.3 Å². The van der Waals surface area contributed by atoms with Gasteiger partial charge >= 0.3 is 0 Å². The van der Waals surface area contributed by atoms with Crippen LogP contribution in [0.25, 0.3) is 22.3 Å². The molecule has 10 nitrogen and oxygen atoms in total. The molecule has 0 saturated heterocycles. The number of ether oxygens (including phenoxy) is 3. The minimum absolute atomic E-state index is 0.110. The zero-order valence-corrected chi connectivity index (χ0v) is 19.0. The number of amides is 1. The van der Waals surface area contributed by atoms with Crippen LogP contribution in [0.5, 0.6) is 17.2 Å². The molecule has 178 valence electrons. The summed E-state index contributed by atoms with van der Waals surface area (Å²) in [5.74, 6) is 0.632. The summed E-state index contributed by atoms with van der Waals surface area (Å²) < 4.78 is 22.1. The number of nitro benzene ring substituents is 1. The van der Waals surface area contributed by atoms with Crippen molar-refractivity contribution in [2.75, 3.05) is 26.6 Å². The fraction of sp³-hybridized carbons (Fsp3) is 0.120. The fourth-order valence-corrected chi connectivity index (χ4v) is 3.62. The largest absolute Gasteiger partial charge is 0.493 e. The molecule has 0 bridgehead atoms. The Labute approximate surface area is 198 Å². The van der Waals surface area contributed by atoms with Crippen molar-refractivity contribution in [2.24, 2.45) is 0 Å². The molecule has 1 amide bonds. The molecule has 4 aromatic rings. The number of carbonyl (C=O) groups excluding carboxylic acids is 1. The van der Waals surface area contributed by atoms with Crippen LogP contribution in [-0.4, -0.2) is 32.2 Å². The maximum absolute atomic E-state index is 13.0. The van der Waals surface area contributed by atoms with Crippen molar-refractivity contribution in [1.82, 2.24) is 0 Å². The number of anilines is 1. The van der Waals surface area contributed by atoms with Gasteiger partial charge in [0.1, 0.15) is 16.7 Å². The topological polar surface area (TPSA) is 130 Å². The fourth-order valence-electron chi connectivity index (χ4n) is 3.62. The predicted molar refractivity (Wildman–Crippen MR) is 129 cm³/mol. The third-order valence-corrected chi connectivity index (χ3v) is 5.27. The molecule has 0 aliphatic heterocycles. The zero-order valence-electron chi connectivity index (χ0n) is 19.0. The van der Waals surface area contributed by atoms with Crippen molar-refractivity contribution in [3.8, 4) is 28.6 Å². The minimum Gasteiger partial charge on any atom is -0.493 e. The average Bonchev–Trinajstić information content (AvgIpc) is 2.87. The number of fused-ring (bicyclic) bond motifs is 1. The van der Waals surface area contributed by atoms with E-state index in [1.54, 1.807) is 30.3 Å². The summed E-state index contributed by atoms with van der Waals surface area (Å²) in [5, 5.41) is 13.7. The van der Waals surface area contributed by atoms with Gasteiger partial charge in [0, 0.05) is 41.1 Å². The highest BCUT2D eigenvalue weighted by atomic mass is 16.6. The highest BCUT2D eigenvalue weighted by molar-refractivity contribution is 6.04. The number of carbonyl (C=O) groups is 1. The van der Waals surface area contributed by atoms with Crippen LogP contribution in [0.4, 0.5) is 11.4 Å². The lowest BCUT2D eigenvalue weighted by molar-refractivity contribution is -0.384. The number of nitro groups is 1. The third-order valence-electron chi connectivity index (χ3n) is 5.27. The van der Waals surface area contributed by atoms with E-state index in [1.807, 2.05) is 0 Å². The van der Waals surface area contributed by atoms with Gasteiger partial charge in [-0.1, -0.05) is 12.1 Å². The van der Waals surface area contributed by atoms with Gasteiger partial charge in [0.25, 0.3) is 11.6 Å². The van der Waals surface area contributed by atoms with Crippen molar-refractivity contribution < 1.29 is 28.3 Å². The van der Waals surface area contributed by atoms with E-state index in [2.05, 4.69) is 5.32 Å². The first kappa shape index (κ1) is 23.3. The number of rotatable bonds is 7. The summed E-state index contributed by atoms with van der Waals surface area (Å²) in [7, 11) is 4.32. The number of non-ortho nitro benzene ring substituents is 1. The first-order valence-electron chi connectivity index (χ1n) is 10.3. The second-order valence-corrected chi connectivity index (χ2v) is 7.33. The van der Waals surface area contributed by atoms with Crippen LogP contribution in [0, 0.1) is 10.1 Å². The molecule has 3 aromatic carbocycles. The van der Waals surface area contributed by atoms with Crippen LogP contribution in [0.2, 0.25) is 0 Å². The van der Waals surface area contributed by atoms with Crippen molar-refractivity contribution in [3.63, 3.8) is 0 Å². The number of hydrogen-bond donors (Lipinski definition) is 1. The summed E-state index contributed by atoms with van der Waals surface area (Å²) in [6.07, 6.45) is 0. The number of benzene rings is 3. The van der Waals surface area contributed by atoms with Crippen molar-refractivity contribution in [3.05, 3.63) is 86.6 Å². The predicted octanol–water partition coefficient (Wildman–Crippen LogP) is 4.65. The second kappa shape index (κ2) is 9.56. The molecule has 0 unspecified atom stereocenters. The van der Waals surface area contributed by atoms with Gasteiger partial charge in [-0.05, 0) is 24.3 Å². The van der Waals surface area contributed by atoms with E-state index in [0.717, 1.165) is 0 Å². The van der Waals surface area contributed by atoms with Crippen LogP contribution in [0.3, 0.4) is 0 Å². The SMILES string of the molecule is COc1cc2oc(-c3cccc(NC(=O)c4ccc([N+](=O)[O-])cc4)c3)cc(=O)c2c(OC)c1OC. The highest BCUT2D eigenvalue weighted by Crippen LogP contribution is 2.42. The Morgan fingerprint density at radius 1 is 0.943 bits per heavy atom. The van der Waals surface area contributed by atoms with Crippen LogP contribution in [-0.2, 0) is 0 Å². The molecular formula is C25H20N2O8. The molecule has 1 heterocycles. The van der Waals surface area contributed by atoms with Crippen LogP contribution in [0.1, 0.15) is 10.4 Å². The Kier molecular flexibility index (Phi) is 6.36. The quantitative estimate of drug-likeness (QED) is 0.301. The smallest absolute Gasteiger partial charge is 0.269 e. The third kappa shape index (κ3) is 4.49. The highest BCUT2D eigenvalue weighted by Gasteiger charge is 2.21. The number of nitrogens with one attached hydrogen (secondary N) is 1. The Morgan fingerprint density at radius 2 is 1.66 bits per heavy atom. The molecule has 0 aliphatic rings. The van der Waals surface area contributed by atoms with E-state index in [4.69, 9.17) is 18.6 Å². The molecule has 0 atom stereocenters. The van der Waals surface area contributed by atoms with E-state index >= 15 is 0 Å². The standard InChI is InChI=1S/C25H20N2O8/c1-32-21-13-20-22(24(34-3)23(21)33-2)18(28)12-19(35-20)15-5-4-6-16(11-15)26-25(29)14-7-9-17(10-8-14)27(30)31/h4-13H,1-3H3,(H,26,29). The first-order valence-corrected chi connectivity index (χ1v) is 10.3. The Morgan fingerprint density at radius 3 is 2.29 bits per heavy atom. The maximum atomic E-state index is 13.0. The lowest BCUT2D eigenvalue weighted by Crippen LogP contribution is -2.11. The molecule has 0 aliphatic carbocycles. The monoisotopic (exact) mass is 476 g/mol. The lowest BCUT2D eigenvalue weighted by Gasteiger charge is -2.14. The number of hydrogen-bond acceptors (Lipinski definition) is 8. The molecule has 4 rings (SSSR count). The normalized spacial score (nSPS) is 10.6.